The molecule has 0 saturated carbocycles. The van der Waals surface area contributed by atoms with Crippen LogP contribution in [0.4, 0.5) is 0 Å². The van der Waals surface area contributed by atoms with Crippen molar-refractivity contribution in [2.24, 2.45) is 0 Å². The average Bonchev–Trinajstić information content (AvgIpc) is 3.09. The first-order valence-corrected chi connectivity index (χ1v) is 11.2. The van der Waals surface area contributed by atoms with Crippen LogP contribution in [0.25, 0.3) is 5.76 Å². The Morgan fingerprint density at radius 1 is 1.03 bits per heavy atom. The predicted octanol–water partition coefficient (Wildman–Crippen LogP) is 4.21. The van der Waals surface area contributed by atoms with Crippen LogP contribution >= 0.6 is 11.6 Å². The Labute approximate surface area is 203 Å². The number of aliphatic hydroxyl groups is 1. The van der Waals surface area contributed by atoms with Crippen molar-refractivity contribution in [1.82, 2.24) is 4.90 Å². The summed E-state index contributed by atoms with van der Waals surface area (Å²) < 4.78 is 21.4. The Kier molecular flexibility index (Phi) is 8.41. The number of hydrogen-bond donors (Lipinski definition) is 1. The van der Waals surface area contributed by atoms with E-state index in [2.05, 4.69) is 0 Å². The molecular formula is C25H28ClNO7. The van der Waals surface area contributed by atoms with Crippen LogP contribution < -0.4 is 14.2 Å². The SMILES string of the molecule is CCOc1cc(/C(O)=C2/C(=O)C(=O)N(CCCOC)C2c2ccc(OC)c(OC)c2)ccc1Cl. The molecule has 9 heteroatoms. The van der Waals surface area contributed by atoms with Gasteiger partial charge >= 0.3 is 0 Å². The number of methoxy groups -OCH3 is 3. The Morgan fingerprint density at radius 2 is 1.76 bits per heavy atom. The van der Waals surface area contributed by atoms with E-state index in [0.29, 0.717) is 53.0 Å². The van der Waals surface area contributed by atoms with E-state index in [4.69, 9.17) is 30.5 Å². The van der Waals surface area contributed by atoms with Crippen LogP contribution in [0.1, 0.15) is 30.5 Å². The molecule has 1 fully saturated rings. The van der Waals surface area contributed by atoms with Crippen molar-refractivity contribution in [2.45, 2.75) is 19.4 Å². The number of carbonyl (C=O) groups is 2. The van der Waals surface area contributed by atoms with E-state index in [0.717, 1.165) is 0 Å². The quantitative estimate of drug-likeness (QED) is 0.231. The van der Waals surface area contributed by atoms with Gasteiger partial charge in [-0.1, -0.05) is 17.7 Å². The lowest BCUT2D eigenvalue weighted by atomic mass is 9.95. The highest BCUT2D eigenvalue weighted by Crippen LogP contribution is 2.42. The maximum absolute atomic E-state index is 13.1. The van der Waals surface area contributed by atoms with Gasteiger partial charge in [0.05, 0.1) is 37.5 Å². The van der Waals surface area contributed by atoms with Crippen molar-refractivity contribution in [2.75, 3.05) is 41.1 Å². The van der Waals surface area contributed by atoms with Crippen molar-refractivity contribution < 1.29 is 33.6 Å². The molecule has 0 aliphatic carbocycles. The lowest BCUT2D eigenvalue weighted by Crippen LogP contribution is -2.31. The number of hydrogen-bond acceptors (Lipinski definition) is 7. The second-order valence-corrected chi connectivity index (χ2v) is 7.94. The first-order chi connectivity index (χ1) is 16.4. The lowest BCUT2D eigenvalue weighted by molar-refractivity contribution is -0.140. The second-order valence-electron chi connectivity index (χ2n) is 7.53. The van der Waals surface area contributed by atoms with Crippen molar-refractivity contribution in [1.29, 1.82) is 0 Å². The minimum atomic E-state index is -0.831. The molecule has 1 aliphatic heterocycles. The van der Waals surface area contributed by atoms with E-state index in [1.165, 1.54) is 19.1 Å². The molecule has 182 valence electrons. The minimum Gasteiger partial charge on any atom is -0.507 e. The van der Waals surface area contributed by atoms with E-state index >= 15 is 0 Å². The van der Waals surface area contributed by atoms with Crippen LogP contribution in [0.5, 0.6) is 17.2 Å². The van der Waals surface area contributed by atoms with E-state index in [1.54, 1.807) is 43.5 Å². The van der Waals surface area contributed by atoms with Crippen LogP contribution in [0.3, 0.4) is 0 Å². The molecule has 1 heterocycles. The summed E-state index contributed by atoms with van der Waals surface area (Å²) in [6.07, 6.45) is 0.517. The third-order valence-corrected chi connectivity index (χ3v) is 5.83. The number of aliphatic hydroxyl groups excluding tert-OH is 1. The largest absolute Gasteiger partial charge is 0.507 e. The molecule has 1 aliphatic rings. The summed E-state index contributed by atoms with van der Waals surface area (Å²) in [5, 5.41) is 11.6. The molecule has 1 unspecified atom stereocenters. The fourth-order valence-corrected chi connectivity index (χ4v) is 4.10. The molecule has 0 aromatic heterocycles. The van der Waals surface area contributed by atoms with Crippen LogP contribution in [-0.2, 0) is 14.3 Å². The number of rotatable bonds is 10. The highest BCUT2D eigenvalue weighted by molar-refractivity contribution is 6.46. The highest BCUT2D eigenvalue weighted by atomic mass is 35.5. The van der Waals surface area contributed by atoms with Crippen LogP contribution in [0.2, 0.25) is 5.02 Å². The zero-order valence-corrected chi connectivity index (χ0v) is 20.3. The molecule has 8 nitrogen and oxygen atoms in total. The smallest absolute Gasteiger partial charge is 0.295 e. The zero-order chi connectivity index (χ0) is 24.8. The monoisotopic (exact) mass is 489 g/mol. The lowest BCUT2D eigenvalue weighted by Gasteiger charge is -2.26. The van der Waals surface area contributed by atoms with Crippen molar-refractivity contribution in [3.8, 4) is 17.2 Å². The van der Waals surface area contributed by atoms with Crippen molar-refractivity contribution in [3.05, 3.63) is 58.1 Å². The van der Waals surface area contributed by atoms with Gasteiger partial charge < -0.3 is 29.0 Å². The Morgan fingerprint density at radius 3 is 2.41 bits per heavy atom. The first-order valence-electron chi connectivity index (χ1n) is 10.8. The molecule has 1 N–H and O–H groups in total. The number of Topliss-reactive ketones (excluding diaryl/α,β-unsaturated/α-hetero) is 1. The zero-order valence-electron chi connectivity index (χ0n) is 19.6. The van der Waals surface area contributed by atoms with Crippen LogP contribution in [-0.4, -0.2) is 62.8 Å². The van der Waals surface area contributed by atoms with Crippen molar-refractivity contribution >= 4 is 29.1 Å². The maximum atomic E-state index is 13.1. The number of nitrogens with zero attached hydrogens (tertiary/aromatic N) is 1. The van der Waals surface area contributed by atoms with E-state index in [1.807, 2.05) is 6.92 Å². The molecule has 0 bridgehead atoms. The highest BCUT2D eigenvalue weighted by Gasteiger charge is 2.46. The number of halogens is 1. The van der Waals surface area contributed by atoms with Crippen LogP contribution in [0, 0.1) is 0 Å². The number of ketones is 1. The summed E-state index contributed by atoms with van der Waals surface area (Å²) in [4.78, 5) is 27.6. The fraction of sp³-hybridized carbons (Fsp3) is 0.360. The molecule has 2 aromatic carbocycles. The molecule has 3 rings (SSSR count). The van der Waals surface area contributed by atoms with E-state index in [9.17, 15) is 14.7 Å². The predicted molar refractivity (Wildman–Crippen MR) is 128 cm³/mol. The van der Waals surface area contributed by atoms with Gasteiger partial charge in [-0.3, -0.25) is 9.59 Å². The van der Waals surface area contributed by atoms with Crippen LogP contribution in [0.15, 0.2) is 42.0 Å². The summed E-state index contributed by atoms with van der Waals surface area (Å²) in [5.41, 5.74) is 0.877. The summed E-state index contributed by atoms with van der Waals surface area (Å²) in [6.45, 7) is 2.86. The van der Waals surface area contributed by atoms with Crippen molar-refractivity contribution in [3.63, 3.8) is 0 Å². The van der Waals surface area contributed by atoms with E-state index in [-0.39, 0.29) is 17.9 Å². The number of ether oxygens (including phenoxy) is 4. The van der Waals surface area contributed by atoms with Gasteiger partial charge in [-0.05, 0) is 49.2 Å². The number of amides is 1. The van der Waals surface area contributed by atoms with Gasteiger partial charge in [-0.15, -0.1) is 0 Å². The molecule has 1 atom stereocenters. The Bertz CT molecular complexity index is 1100. The normalized spacial score (nSPS) is 17.2. The molecule has 1 amide bonds. The summed E-state index contributed by atoms with van der Waals surface area (Å²) in [7, 11) is 4.58. The van der Waals surface area contributed by atoms with Gasteiger partial charge in [0.2, 0.25) is 0 Å². The topological polar surface area (TPSA) is 94.5 Å². The Hall–Kier alpha value is -3.23. The average molecular weight is 490 g/mol. The van der Waals surface area contributed by atoms with Gasteiger partial charge in [-0.25, -0.2) is 0 Å². The molecule has 0 radical (unpaired) electrons. The number of benzene rings is 2. The second kappa shape index (κ2) is 11.3. The van der Waals surface area contributed by atoms with Gasteiger partial charge in [-0.2, -0.15) is 0 Å². The van der Waals surface area contributed by atoms with E-state index < -0.39 is 17.7 Å². The number of carbonyl (C=O) groups excluding carboxylic acids is 2. The minimum absolute atomic E-state index is 0.0283. The molecule has 34 heavy (non-hydrogen) atoms. The summed E-state index contributed by atoms with van der Waals surface area (Å²) >= 11 is 6.18. The van der Waals surface area contributed by atoms with Gasteiger partial charge in [0, 0.05) is 25.8 Å². The number of likely N-dealkylation sites (tertiary alicyclic amines) is 1. The first kappa shape index (κ1) is 25.4. The molecule has 0 spiro atoms. The summed E-state index contributed by atoms with van der Waals surface area (Å²) in [5.74, 6) is -0.483. The van der Waals surface area contributed by atoms with Gasteiger partial charge in [0.25, 0.3) is 11.7 Å². The molecular weight excluding hydrogens is 462 g/mol. The molecule has 2 aromatic rings. The standard InChI is InChI=1S/C25H28ClNO7/c1-5-34-19-14-16(7-9-17(19)26)23(28)21-22(15-8-10-18(32-3)20(13-15)33-4)27(11-6-12-31-2)25(30)24(21)29/h7-10,13-14,22,28H,5-6,11-12H2,1-4H3/b23-21-. The summed E-state index contributed by atoms with van der Waals surface area (Å²) in [6, 6.07) is 8.99. The molecule has 1 saturated heterocycles. The Balaban J connectivity index is 2.18. The third-order valence-electron chi connectivity index (χ3n) is 5.52. The third kappa shape index (κ3) is 4.98. The maximum Gasteiger partial charge on any atom is 0.295 e. The van der Waals surface area contributed by atoms with Gasteiger partial charge in [0.15, 0.2) is 11.5 Å². The van der Waals surface area contributed by atoms with Gasteiger partial charge in [0.1, 0.15) is 11.5 Å². The fourth-order valence-electron chi connectivity index (χ4n) is 3.93.